The lowest BCUT2D eigenvalue weighted by Crippen LogP contribution is -2.13. The van der Waals surface area contributed by atoms with Crippen molar-refractivity contribution in [2.45, 2.75) is 6.92 Å². The molecule has 3 rings (SSSR count). The summed E-state index contributed by atoms with van der Waals surface area (Å²) in [7, 11) is 1.78. The lowest BCUT2D eigenvalue weighted by molar-refractivity contribution is 0.102. The van der Waals surface area contributed by atoms with Crippen LogP contribution < -0.4 is 5.32 Å². The van der Waals surface area contributed by atoms with Gasteiger partial charge < -0.3 is 5.32 Å². The Balaban J connectivity index is 2.02. The monoisotopic (exact) mass is 377 g/mol. The molecular weight excluding hydrogens is 364 g/mol. The molecule has 0 unspecified atom stereocenters. The Labute approximate surface area is 154 Å². The number of rotatable bonds is 3. The minimum Gasteiger partial charge on any atom is -0.318 e. The zero-order valence-electron chi connectivity index (χ0n) is 13.5. The fourth-order valence-corrected chi connectivity index (χ4v) is 3.07. The van der Waals surface area contributed by atoms with Gasteiger partial charge in [0.15, 0.2) is 0 Å². The third-order valence-corrected chi connectivity index (χ3v) is 4.28. The maximum absolute atomic E-state index is 13.2. The maximum Gasteiger partial charge on any atom is 0.257 e. The number of benzene rings is 2. The summed E-state index contributed by atoms with van der Waals surface area (Å²) in [4.78, 5) is 12.6. The van der Waals surface area contributed by atoms with Gasteiger partial charge in [-0.25, -0.2) is 4.39 Å². The molecule has 0 aliphatic heterocycles. The second-order valence-electron chi connectivity index (χ2n) is 5.52. The maximum atomic E-state index is 13.2. The Morgan fingerprint density at radius 2 is 1.96 bits per heavy atom. The number of aromatic nitrogens is 2. The second kappa shape index (κ2) is 6.86. The molecule has 2 aromatic carbocycles. The number of amides is 1. The minimum absolute atomic E-state index is 0.0448. The summed E-state index contributed by atoms with van der Waals surface area (Å²) in [6, 6.07) is 10.9. The average molecular weight is 378 g/mol. The van der Waals surface area contributed by atoms with Gasteiger partial charge in [0.1, 0.15) is 5.82 Å². The number of hydrogen-bond donors (Lipinski definition) is 1. The van der Waals surface area contributed by atoms with Crippen molar-refractivity contribution in [1.82, 2.24) is 9.78 Å². The first kappa shape index (κ1) is 17.5. The van der Waals surface area contributed by atoms with Crippen molar-refractivity contribution in [2.24, 2.45) is 7.05 Å². The molecule has 7 heteroatoms. The van der Waals surface area contributed by atoms with Crippen LogP contribution in [0, 0.1) is 12.7 Å². The molecule has 0 radical (unpaired) electrons. The quantitative estimate of drug-likeness (QED) is 0.690. The molecule has 0 saturated heterocycles. The van der Waals surface area contributed by atoms with Crippen LogP contribution in [0.1, 0.15) is 16.1 Å². The average Bonchev–Trinajstić information content (AvgIpc) is 2.81. The van der Waals surface area contributed by atoms with Gasteiger partial charge in [-0.3, -0.25) is 9.48 Å². The van der Waals surface area contributed by atoms with Gasteiger partial charge in [-0.1, -0.05) is 35.3 Å². The normalized spacial score (nSPS) is 10.8. The molecule has 0 atom stereocenters. The van der Waals surface area contributed by atoms with E-state index in [0.29, 0.717) is 22.1 Å². The van der Waals surface area contributed by atoms with Gasteiger partial charge in [0, 0.05) is 17.6 Å². The first-order valence-electron chi connectivity index (χ1n) is 7.42. The molecule has 0 saturated carbocycles. The largest absolute Gasteiger partial charge is 0.318 e. The van der Waals surface area contributed by atoms with Gasteiger partial charge in [0.05, 0.1) is 27.7 Å². The summed E-state index contributed by atoms with van der Waals surface area (Å²) < 4.78 is 14.9. The van der Waals surface area contributed by atoms with Gasteiger partial charge in [-0.05, 0) is 37.3 Å². The molecule has 4 nitrogen and oxygen atoms in total. The standard InChI is InChI=1S/C18H14Cl2FN3O/c1-10-16(22-18(25)14-7-6-13(21)9-15(14)20)17(24(2)23-10)11-4-3-5-12(19)8-11/h3-9H,1-2H3,(H,22,25). The predicted octanol–water partition coefficient (Wildman–Crippen LogP) is 5.09. The fourth-order valence-electron chi connectivity index (χ4n) is 2.63. The molecule has 0 aliphatic rings. The van der Waals surface area contributed by atoms with E-state index >= 15 is 0 Å². The Kier molecular flexibility index (Phi) is 4.79. The van der Waals surface area contributed by atoms with Crippen molar-refractivity contribution >= 4 is 34.8 Å². The first-order valence-corrected chi connectivity index (χ1v) is 8.18. The van der Waals surface area contributed by atoms with Crippen LogP contribution in [0.5, 0.6) is 0 Å². The van der Waals surface area contributed by atoms with E-state index in [4.69, 9.17) is 23.2 Å². The van der Waals surface area contributed by atoms with Gasteiger partial charge in [-0.15, -0.1) is 0 Å². The number of carbonyl (C=O) groups excluding carboxylic acids is 1. The summed E-state index contributed by atoms with van der Waals surface area (Å²) in [5, 5.41) is 7.81. The van der Waals surface area contributed by atoms with Crippen LogP contribution in [0.2, 0.25) is 10.0 Å². The van der Waals surface area contributed by atoms with E-state index in [9.17, 15) is 9.18 Å². The number of halogens is 3. The highest BCUT2D eigenvalue weighted by Crippen LogP contribution is 2.32. The zero-order valence-corrected chi connectivity index (χ0v) is 15.0. The molecule has 0 spiro atoms. The molecule has 1 amide bonds. The number of hydrogen-bond acceptors (Lipinski definition) is 2. The van der Waals surface area contributed by atoms with Gasteiger partial charge in [0.25, 0.3) is 5.91 Å². The Hall–Kier alpha value is -2.37. The van der Waals surface area contributed by atoms with Crippen molar-refractivity contribution in [3.05, 3.63) is 69.6 Å². The summed E-state index contributed by atoms with van der Waals surface area (Å²) >= 11 is 12.0. The highest BCUT2D eigenvalue weighted by molar-refractivity contribution is 6.34. The van der Waals surface area contributed by atoms with Crippen LogP contribution in [0.25, 0.3) is 11.3 Å². The first-order chi connectivity index (χ1) is 11.9. The lowest BCUT2D eigenvalue weighted by atomic mass is 10.1. The predicted molar refractivity (Wildman–Crippen MR) is 97.8 cm³/mol. The SMILES string of the molecule is Cc1nn(C)c(-c2cccc(Cl)c2)c1NC(=O)c1ccc(F)cc1Cl. The summed E-state index contributed by atoms with van der Waals surface area (Å²) in [6.45, 7) is 1.79. The molecule has 0 fully saturated rings. The molecule has 25 heavy (non-hydrogen) atoms. The number of anilines is 1. The van der Waals surface area contributed by atoms with E-state index in [2.05, 4.69) is 10.4 Å². The Bertz CT molecular complexity index is 969. The van der Waals surface area contributed by atoms with Crippen molar-refractivity contribution in [3.63, 3.8) is 0 Å². The van der Waals surface area contributed by atoms with Crippen molar-refractivity contribution in [2.75, 3.05) is 5.32 Å². The van der Waals surface area contributed by atoms with Crippen molar-refractivity contribution < 1.29 is 9.18 Å². The highest BCUT2D eigenvalue weighted by Gasteiger charge is 2.19. The molecule has 1 heterocycles. The molecular formula is C18H14Cl2FN3O. The van der Waals surface area contributed by atoms with Crippen LogP contribution in [0.4, 0.5) is 10.1 Å². The third-order valence-electron chi connectivity index (χ3n) is 3.73. The van der Waals surface area contributed by atoms with Crippen LogP contribution >= 0.6 is 23.2 Å². The summed E-state index contributed by atoms with van der Waals surface area (Å²) in [5.41, 5.74) is 2.91. The van der Waals surface area contributed by atoms with Crippen LogP contribution in [-0.4, -0.2) is 15.7 Å². The Morgan fingerprint density at radius 3 is 2.64 bits per heavy atom. The smallest absolute Gasteiger partial charge is 0.257 e. The molecule has 1 N–H and O–H groups in total. The molecule has 0 bridgehead atoms. The molecule has 1 aromatic heterocycles. The molecule has 3 aromatic rings. The number of nitrogens with zero attached hydrogens (tertiary/aromatic N) is 2. The van der Waals surface area contributed by atoms with E-state index in [-0.39, 0.29) is 10.6 Å². The number of nitrogens with one attached hydrogen (secondary N) is 1. The highest BCUT2D eigenvalue weighted by atomic mass is 35.5. The van der Waals surface area contributed by atoms with Crippen molar-refractivity contribution in [3.8, 4) is 11.3 Å². The van der Waals surface area contributed by atoms with Crippen LogP contribution in [-0.2, 0) is 7.05 Å². The second-order valence-corrected chi connectivity index (χ2v) is 6.36. The molecule has 0 aliphatic carbocycles. The van der Waals surface area contributed by atoms with E-state index in [1.165, 1.54) is 12.1 Å². The molecule has 128 valence electrons. The fraction of sp³-hybridized carbons (Fsp3) is 0.111. The van der Waals surface area contributed by atoms with E-state index in [1.807, 2.05) is 12.1 Å². The van der Waals surface area contributed by atoms with Gasteiger partial charge in [-0.2, -0.15) is 5.10 Å². The van der Waals surface area contributed by atoms with Crippen LogP contribution in [0.3, 0.4) is 0 Å². The topological polar surface area (TPSA) is 46.9 Å². The van der Waals surface area contributed by atoms with Gasteiger partial charge >= 0.3 is 0 Å². The lowest BCUT2D eigenvalue weighted by Gasteiger charge is -2.10. The number of aryl methyl sites for hydroxylation is 2. The number of carbonyl (C=O) groups is 1. The van der Waals surface area contributed by atoms with Crippen molar-refractivity contribution in [1.29, 1.82) is 0 Å². The zero-order chi connectivity index (χ0) is 18.1. The van der Waals surface area contributed by atoms with Crippen LogP contribution in [0.15, 0.2) is 42.5 Å². The van der Waals surface area contributed by atoms with E-state index in [1.54, 1.807) is 30.8 Å². The third kappa shape index (κ3) is 3.52. The van der Waals surface area contributed by atoms with E-state index < -0.39 is 11.7 Å². The summed E-state index contributed by atoms with van der Waals surface area (Å²) in [5.74, 6) is -0.942. The van der Waals surface area contributed by atoms with Gasteiger partial charge in [0.2, 0.25) is 0 Å². The summed E-state index contributed by atoms with van der Waals surface area (Å²) in [6.07, 6.45) is 0. The van der Waals surface area contributed by atoms with E-state index in [0.717, 1.165) is 11.6 Å². The Morgan fingerprint density at radius 1 is 1.20 bits per heavy atom. The minimum atomic E-state index is -0.501.